The van der Waals surface area contributed by atoms with Crippen molar-refractivity contribution in [2.24, 2.45) is 0 Å². The predicted octanol–water partition coefficient (Wildman–Crippen LogP) is 3.11. The van der Waals surface area contributed by atoms with Crippen molar-refractivity contribution in [3.8, 4) is 11.5 Å². The molecule has 0 unspecified atom stereocenters. The maximum atomic E-state index is 11.1. The SMILES string of the molecule is CN(C)CCOc1cc(OCc2ccccc2)ccc1[N+](=O)[O-]. The van der Waals surface area contributed by atoms with E-state index in [1.165, 1.54) is 6.07 Å². The van der Waals surface area contributed by atoms with Crippen molar-refractivity contribution in [3.63, 3.8) is 0 Å². The van der Waals surface area contributed by atoms with Gasteiger partial charge in [0.1, 0.15) is 19.0 Å². The standard InChI is InChI=1S/C17H20N2O4/c1-18(2)10-11-22-17-12-15(8-9-16(17)19(20)21)23-13-14-6-4-3-5-7-14/h3-9,12H,10-11,13H2,1-2H3. The molecule has 0 heterocycles. The Morgan fingerprint density at radius 3 is 2.48 bits per heavy atom. The van der Waals surface area contributed by atoms with Crippen LogP contribution < -0.4 is 9.47 Å². The summed E-state index contributed by atoms with van der Waals surface area (Å²) in [6, 6.07) is 14.3. The van der Waals surface area contributed by atoms with Gasteiger partial charge >= 0.3 is 5.69 Å². The van der Waals surface area contributed by atoms with Crippen LogP contribution in [0.25, 0.3) is 0 Å². The molecule has 0 aliphatic carbocycles. The number of benzene rings is 2. The molecule has 0 amide bonds. The minimum Gasteiger partial charge on any atom is -0.489 e. The summed E-state index contributed by atoms with van der Waals surface area (Å²) in [5.74, 6) is 0.765. The van der Waals surface area contributed by atoms with E-state index in [0.717, 1.165) is 5.56 Å². The molecule has 2 rings (SSSR count). The largest absolute Gasteiger partial charge is 0.489 e. The molecule has 6 nitrogen and oxygen atoms in total. The van der Waals surface area contributed by atoms with Crippen molar-refractivity contribution in [2.45, 2.75) is 6.61 Å². The van der Waals surface area contributed by atoms with Crippen LogP contribution in [0.1, 0.15) is 5.56 Å². The molecule has 122 valence electrons. The van der Waals surface area contributed by atoms with E-state index in [1.54, 1.807) is 12.1 Å². The van der Waals surface area contributed by atoms with Crippen LogP contribution in [0.5, 0.6) is 11.5 Å². The third-order valence-corrected chi connectivity index (χ3v) is 3.17. The van der Waals surface area contributed by atoms with Gasteiger partial charge in [0.05, 0.1) is 4.92 Å². The monoisotopic (exact) mass is 316 g/mol. The maximum absolute atomic E-state index is 11.1. The summed E-state index contributed by atoms with van der Waals surface area (Å²) >= 11 is 0. The Balaban J connectivity index is 2.07. The van der Waals surface area contributed by atoms with Gasteiger partial charge in [-0.05, 0) is 25.7 Å². The first-order valence-electron chi connectivity index (χ1n) is 7.29. The van der Waals surface area contributed by atoms with Crippen LogP contribution >= 0.6 is 0 Å². The second kappa shape index (κ2) is 8.14. The molecule has 2 aromatic carbocycles. The molecular weight excluding hydrogens is 296 g/mol. The van der Waals surface area contributed by atoms with Crippen LogP contribution in [0, 0.1) is 10.1 Å². The van der Waals surface area contributed by atoms with Gasteiger partial charge in [-0.1, -0.05) is 30.3 Å². The fraction of sp³-hybridized carbons (Fsp3) is 0.294. The lowest BCUT2D eigenvalue weighted by Gasteiger charge is -2.12. The van der Waals surface area contributed by atoms with Crippen LogP contribution in [0.2, 0.25) is 0 Å². The lowest BCUT2D eigenvalue weighted by atomic mass is 10.2. The van der Waals surface area contributed by atoms with Gasteiger partial charge < -0.3 is 14.4 Å². The number of ether oxygens (including phenoxy) is 2. The van der Waals surface area contributed by atoms with E-state index in [9.17, 15) is 10.1 Å². The van der Waals surface area contributed by atoms with Crippen molar-refractivity contribution in [3.05, 3.63) is 64.2 Å². The van der Waals surface area contributed by atoms with Gasteiger partial charge in [-0.15, -0.1) is 0 Å². The van der Waals surface area contributed by atoms with E-state index < -0.39 is 4.92 Å². The fourth-order valence-electron chi connectivity index (χ4n) is 1.93. The number of hydrogen-bond acceptors (Lipinski definition) is 5. The zero-order valence-electron chi connectivity index (χ0n) is 13.3. The number of rotatable bonds is 8. The van der Waals surface area contributed by atoms with E-state index in [0.29, 0.717) is 25.5 Å². The van der Waals surface area contributed by atoms with Crippen LogP contribution in [0.3, 0.4) is 0 Å². The van der Waals surface area contributed by atoms with Crippen molar-refractivity contribution >= 4 is 5.69 Å². The van der Waals surface area contributed by atoms with Crippen LogP contribution in [0.4, 0.5) is 5.69 Å². The van der Waals surface area contributed by atoms with Gasteiger partial charge in [-0.25, -0.2) is 0 Å². The lowest BCUT2D eigenvalue weighted by Crippen LogP contribution is -2.19. The highest BCUT2D eigenvalue weighted by Gasteiger charge is 2.16. The molecule has 23 heavy (non-hydrogen) atoms. The smallest absolute Gasteiger partial charge is 0.311 e. The summed E-state index contributed by atoms with van der Waals surface area (Å²) in [4.78, 5) is 12.6. The molecule has 0 radical (unpaired) electrons. The zero-order valence-corrected chi connectivity index (χ0v) is 13.3. The Bertz CT molecular complexity index is 644. The van der Waals surface area contributed by atoms with Crippen LogP contribution in [-0.4, -0.2) is 37.1 Å². The number of nitro benzene ring substituents is 1. The van der Waals surface area contributed by atoms with E-state index in [1.807, 2.05) is 49.3 Å². The minimum atomic E-state index is -0.452. The van der Waals surface area contributed by atoms with Gasteiger partial charge in [0, 0.05) is 18.7 Å². The Morgan fingerprint density at radius 2 is 1.83 bits per heavy atom. The van der Waals surface area contributed by atoms with Gasteiger partial charge in [0.15, 0.2) is 0 Å². The molecule has 0 spiro atoms. The van der Waals surface area contributed by atoms with E-state index in [-0.39, 0.29) is 11.4 Å². The average molecular weight is 316 g/mol. The maximum Gasteiger partial charge on any atom is 0.311 e. The summed E-state index contributed by atoms with van der Waals surface area (Å²) < 4.78 is 11.2. The molecule has 6 heteroatoms. The lowest BCUT2D eigenvalue weighted by molar-refractivity contribution is -0.385. The predicted molar refractivity (Wildman–Crippen MR) is 87.9 cm³/mol. The van der Waals surface area contributed by atoms with E-state index in [2.05, 4.69) is 0 Å². The van der Waals surface area contributed by atoms with Crippen LogP contribution in [-0.2, 0) is 6.61 Å². The summed E-state index contributed by atoms with van der Waals surface area (Å²) in [5, 5.41) is 11.1. The summed E-state index contributed by atoms with van der Waals surface area (Å²) in [5.41, 5.74) is 0.969. The third-order valence-electron chi connectivity index (χ3n) is 3.17. The highest BCUT2D eigenvalue weighted by atomic mass is 16.6. The highest BCUT2D eigenvalue weighted by molar-refractivity contribution is 5.50. The molecule has 2 aromatic rings. The highest BCUT2D eigenvalue weighted by Crippen LogP contribution is 2.31. The zero-order chi connectivity index (χ0) is 16.7. The molecule has 0 saturated heterocycles. The van der Waals surface area contributed by atoms with Crippen molar-refractivity contribution in [2.75, 3.05) is 27.2 Å². The quantitative estimate of drug-likeness (QED) is 0.553. The molecule has 0 saturated carbocycles. The molecule has 0 N–H and O–H groups in total. The van der Waals surface area contributed by atoms with Gasteiger partial charge in [0.25, 0.3) is 0 Å². The van der Waals surface area contributed by atoms with Crippen molar-refractivity contribution < 1.29 is 14.4 Å². The fourth-order valence-corrected chi connectivity index (χ4v) is 1.93. The molecule has 0 aromatic heterocycles. The number of nitrogens with zero attached hydrogens (tertiary/aromatic N) is 2. The number of hydrogen-bond donors (Lipinski definition) is 0. The van der Waals surface area contributed by atoms with Crippen molar-refractivity contribution in [1.82, 2.24) is 4.90 Å². The first-order valence-corrected chi connectivity index (χ1v) is 7.29. The van der Waals surface area contributed by atoms with Crippen molar-refractivity contribution in [1.29, 1.82) is 0 Å². The summed E-state index contributed by atoms with van der Waals surface area (Å²) in [7, 11) is 3.83. The Morgan fingerprint density at radius 1 is 1.09 bits per heavy atom. The average Bonchev–Trinajstić information content (AvgIpc) is 2.53. The van der Waals surface area contributed by atoms with E-state index in [4.69, 9.17) is 9.47 Å². The van der Waals surface area contributed by atoms with Gasteiger partial charge in [0.2, 0.25) is 5.75 Å². The normalized spacial score (nSPS) is 10.6. The van der Waals surface area contributed by atoms with Gasteiger partial charge in [-0.3, -0.25) is 10.1 Å². The Labute approximate surface area is 135 Å². The Hall–Kier alpha value is -2.60. The Kier molecular flexibility index (Phi) is 5.94. The topological polar surface area (TPSA) is 64.8 Å². The molecular formula is C17H20N2O4. The summed E-state index contributed by atoms with van der Waals surface area (Å²) in [6.07, 6.45) is 0. The molecule has 0 bridgehead atoms. The van der Waals surface area contributed by atoms with Crippen LogP contribution in [0.15, 0.2) is 48.5 Å². The minimum absolute atomic E-state index is 0.0594. The second-order valence-electron chi connectivity index (χ2n) is 5.31. The first-order chi connectivity index (χ1) is 11.1. The number of nitro groups is 1. The molecule has 0 aliphatic heterocycles. The second-order valence-corrected chi connectivity index (χ2v) is 5.31. The summed E-state index contributed by atoms with van der Waals surface area (Å²) in [6.45, 7) is 1.44. The number of likely N-dealkylation sites (N-methyl/N-ethyl adjacent to an activating group) is 1. The first kappa shape index (κ1) is 16.8. The third kappa shape index (κ3) is 5.27. The molecule has 0 fully saturated rings. The van der Waals surface area contributed by atoms with E-state index >= 15 is 0 Å². The molecule has 0 aliphatic rings. The molecule has 0 atom stereocenters. The van der Waals surface area contributed by atoms with Gasteiger partial charge in [-0.2, -0.15) is 0 Å².